The van der Waals surface area contributed by atoms with Gasteiger partial charge in [-0.1, -0.05) is 48.5 Å². The Balaban J connectivity index is 1.66. The van der Waals surface area contributed by atoms with Crippen LogP contribution in [0.4, 0.5) is 18.0 Å². The van der Waals surface area contributed by atoms with Crippen LogP contribution < -0.4 is 5.32 Å². The first-order valence-electron chi connectivity index (χ1n) is 10.7. The Hall–Kier alpha value is -3.56. The lowest BCUT2D eigenvalue weighted by molar-refractivity contribution is -0.145. The zero-order chi connectivity index (χ0) is 24.7. The maximum Gasteiger partial charge on any atom is 0.416 e. The second kappa shape index (κ2) is 11.0. The summed E-state index contributed by atoms with van der Waals surface area (Å²) in [4.78, 5) is 39.0. The molecule has 0 saturated carbocycles. The van der Waals surface area contributed by atoms with E-state index in [2.05, 4.69) is 5.32 Å². The van der Waals surface area contributed by atoms with Crippen molar-refractivity contribution in [3.63, 3.8) is 0 Å². The van der Waals surface area contributed by atoms with Crippen molar-refractivity contribution >= 4 is 18.0 Å². The molecule has 1 heterocycles. The van der Waals surface area contributed by atoms with Crippen LogP contribution in [0, 0.1) is 0 Å². The Morgan fingerprint density at radius 1 is 1.09 bits per heavy atom. The molecule has 0 aliphatic carbocycles. The van der Waals surface area contributed by atoms with Gasteiger partial charge in [-0.15, -0.1) is 0 Å². The minimum atomic E-state index is -4.54. The third kappa shape index (κ3) is 6.49. The SMILES string of the molecule is COC(=O)[C@@H](Cc1cccc(C(F)(F)F)c1)NC(=O)[C@H]1CCCN1C(=O)OCc1ccccc1. The van der Waals surface area contributed by atoms with E-state index < -0.39 is 41.8 Å². The average Bonchev–Trinajstić information content (AvgIpc) is 3.32. The number of esters is 1. The number of rotatable bonds is 7. The van der Waals surface area contributed by atoms with Crippen LogP contribution >= 0.6 is 0 Å². The van der Waals surface area contributed by atoms with Crippen LogP contribution in [0.15, 0.2) is 54.6 Å². The lowest BCUT2D eigenvalue weighted by Gasteiger charge is -2.25. The van der Waals surface area contributed by atoms with Gasteiger partial charge < -0.3 is 14.8 Å². The molecule has 1 aliphatic rings. The monoisotopic (exact) mass is 478 g/mol. The first kappa shape index (κ1) is 25.1. The van der Waals surface area contributed by atoms with Gasteiger partial charge in [0.25, 0.3) is 0 Å². The minimum absolute atomic E-state index is 0.0465. The summed E-state index contributed by atoms with van der Waals surface area (Å²) in [5.41, 5.74) is 0.141. The Labute approximate surface area is 194 Å². The molecule has 2 aromatic rings. The zero-order valence-corrected chi connectivity index (χ0v) is 18.5. The number of hydrogen-bond acceptors (Lipinski definition) is 5. The maximum atomic E-state index is 13.0. The highest BCUT2D eigenvalue weighted by atomic mass is 19.4. The highest BCUT2D eigenvalue weighted by Gasteiger charge is 2.37. The van der Waals surface area contributed by atoms with E-state index in [-0.39, 0.29) is 18.6 Å². The summed E-state index contributed by atoms with van der Waals surface area (Å²) in [6.07, 6.45) is -4.47. The minimum Gasteiger partial charge on any atom is -0.467 e. The number of carbonyl (C=O) groups is 3. The lowest BCUT2D eigenvalue weighted by atomic mass is 10.0. The number of methoxy groups -OCH3 is 1. The molecular weight excluding hydrogens is 453 g/mol. The van der Waals surface area contributed by atoms with E-state index in [9.17, 15) is 27.6 Å². The quantitative estimate of drug-likeness (QED) is 0.614. The third-order valence-corrected chi connectivity index (χ3v) is 5.49. The van der Waals surface area contributed by atoms with Crippen LogP contribution in [0.3, 0.4) is 0 Å². The van der Waals surface area contributed by atoms with Gasteiger partial charge in [0.1, 0.15) is 18.7 Å². The largest absolute Gasteiger partial charge is 0.467 e. The highest BCUT2D eigenvalue weighted by molar-refractivity contribution is 5.90. The molecule has 0 radical (unpaired) electrons. The van der Waals surface area contributed by atoms with Crippen LogP contribution in [0.2, 0.25) is 0 Å². The Bertz CT molecular complexity index is 1010. The van der Waals surface area contributed by atoms with Crippen molar-refractivity contribution in [3.05, 3.63) is 71.3 Å². The van der Waals surface area contributed by atoms with Crippen LogP contribution in [0.5, 0.6) is 0 Å². The van der Waals surface area contributed by atoms with E-state index in [4.69, 9.17) is 9.47 Å². The van der Waals surface area contributed by atoms with E-state index in [0.717, 1.165) is 24.8 Å². The smallest absolute Gasteiger partial charge is 0.416 e. The standard InChI is InChI=1S/C24H25F3N2O5/c1-33-22(31)19(14-17-9-5-10-18(13-17)24(25,26)27)28-21(30)20-11-6-12-29(20)23(32)34-15-16-7-3-2-4-8-16/h2-5,7-10,13,19-20H,6,11-12,14-15H2,1H3,(H,28,30)/t19-,20-/m1/s1. The molecule has 0 bridgehead atoms. The molecule has 0 aromatic heterocycles. The van der Waals surface area contributed by atoms with Crippen molar-refractivity contribution in [2.24, 2.45) is 0 Å². The molecule has 3 rings (SSSR count). The number of nitrogens with zero attached hydrogens (tertiary/aromatic N) is 1. The molecule has 2 atom stereocenters. The first-order chi connectivity index (χ1) is 16.2. The highest BCUT2D eigenvalue weighted by Crippen LogP contribution is 2.30. The molecule has 1 N–H and O–H groups in total. The van der Waals surface area contributed by atoms with Crippen molar-refractivity contribution in [2.75, 3.05) is 13.7 Å². The molecule has 7 nitrogen and oxygen atoms in total. The molecular formula is C24H25F3N2O5. The van der Waals surface area contributed by atoms with Gasteiger partial charge >= 0.3 is 18.2 Å². The zero-order valence-electron chi connectivity index (χ0n) is 18.5. The van der Waals surface area contributed by atoms with Crippen molar-refractivity contribution in [1.29, 1.82) is 0 Å². The van der Waals surface area contributed by atoms with Gasteiger partial charge in [0.05, 0.1) is 12.7 Å². The molecule has 0 unspecified atom stereocenters. The number of hydrogen-bond donors (Lipinski definition) is 1. The van der Waals surface area contributed by atoms with Gasteiger partial charge in [-0.25, -0.2) is 9.59 Å². The van der Waals surface area contributed by atoms with Crippen molar-refractivity contribution in [1.82, 2.24) is 10.2 Å². The molecule has 10 heteroatoms. The van der Waals surface area contributed by atoms with E-state index >= 15 is 0 Å². The summed E-state index contributed by atoms with van der Waals surface area (Å²) in [5.74, 6) is -1.40. The number of likely N-dealkylation sites (tertiary alicyclic amines) is 1. The third-order valence-electron chi connectivity index (χ3n) is 5.49. The number of halogens is 3. The fourth-order valence-electron chi connectivity index (χ4n) is 3.77. The molecule has 0 spiro atoms. The Morgan fingerprint density at radius 2 is 1.79 bits per heavy atom. The van der Waals surface area contributed by atoms with Gasteiger partial charge in [-0.05, 0) is 30.0 Å². The van der Waals surface area contributed by atoms with Crippen molar-refractivity contribution < 1.29 is 37.0 Å². The predicted octanol–water partition coefficient (Wildman–Crippen LogP) is 3.71. The van der Waals surface area contributed by atoms with Gasteiger partial charge in [-0.2, -0.15) is 13.2 Å². The first-order valence-corrected chi connectivity index (χ1v) is 10.7. The topological polar surface area (TPSA) is 84.9 Å². The average molecular weight is 478 g/mol. The second-order valence-electron chi connectivity index (χ2n) is 7.88. The van der Waals surface area contributed by atoms with E-state index in [0.29, 0.717) is 19.4 Å². The van der Waals surface area contributed by atoms with Crippen LogP contribution in [0.25, 0.3) is 0 Å². The van der Waals surface area contributed by atoms with E-state index in [1.165, 1.54) is 17.0 Å². The maximum absolute atomic E-state index is 13.0. The molecule has 1 fully saturated rings. The van der Waals surface area contributed by atoms with Gasteiger partial charge in [0.15, 0.2) is 0 Å². The number of nitrogens with one attached hydrogen (secondary N) is 1. The number of benzene rings is 2. The second-order valence-corrected chi connectivity index (χ2v) is 7.88. The van der Waals surface area contributed by atoms with Crippen LogP contribution in [-0.2, 0) is 38.3 Å². The summed E-state index contributed by atoms with van der Waals surface area (Å²) < 4.78 is 49.1. The molecule has 2 aromatic carbocycles. The number of carbonyl (C=O) groups excluding carboxylic acids is 3. The molecule has 182 valence electrons. The lowest BCUT2D eigenvalue weighted by Crippen LogP contribution is -2.51. The van der Waals surface area contributed by atoms with E-state index in [1.54, 1.807) is 12.1 Å². The summed E-state index contributed by atoms with van der Waals surface area (Å²) in [7, 11) is 1.12. The van der Waals surface area contributed by atoms with Crippen molar-refractivity contribution in [3.8, 4) is 0 Å². The Kier molecular flexibility index (Phi) is 8.14. The summed E-state index contributed by atoms with van der Waals surface area (Å²) in [5, 5.41) is 2.53. The van der Waals surface area contributed by atoms with Crippen molar-refractivity contribution in [2.45, 2.75) is 44.1 Å². The predicted molar refractivity (Wildman–Crippen MR) is 115 cm³/mol. The molecule has 34 heavy (non-hydrogen) atoms. The Morgan fingerprint density at radius 3 is 2.47 bits per heavy atom. The summed E-state index contributed by atoms with van der Waals surface area (Å²) in [6.45, 7) is 0.354. The summed E-state index contributed by atoms with van der Waals surface area (Å²) in [6, 6.07) is 11.5. The van der Waals surface area contributed by atoms with Gasteiger partial charge in [0, 0.05) is 13.0 Å². The molecule has 1 aliphatic heterocycles. The number of alkyl halides is 3. The molecule has 2 amide bonds. The normalized spacial score (nSPS) is 16.6. The van der Waals surface area contributed by atoms with Crippen LogP contribution in [-0.4, -0.2) is 48.6 Å². The van der Waals surface area contributed by atoms with Crippen LogP contribution in [0.1, 0.15) is 29.5 Å². The van der Waals surface area contributed by atoms with E-state index in [1.807, 2.05) is 18.2 Å². The fourth-order valence-corrected chi connectivity index (χ4v) is 3.77. The fraction of sp³-hybridized carbons (Fsp3) is 0.375. The summed E-state index contributed by atoms with van der Waals surface area (Å²) >= 11 is 0. The number of ether oxygens (including phenoxy) is 2. The van der Waals surface area contributed by atoms with Gasteiger partial charge in [-0.3, -0.25) is 9.69 Å². The molecule has 1 saturated heterocycles. The number of amides is 2. The van der Waals surface area contributed by atoms with Gasteiger partial charge in [0.2, 0.25) is 5.91 Å².